The standard InChI is InChI=1S/C19H27N3O2/c1-2-20-19(24)22-18(23)17(16-11-7-4-8-12-16)21-14-13-15-9-5-3-6-10-15/h4,7-9,11-12,17,21H,2-3,5-6,10,13-14H2,1H3,(H2,20,22,23,24)/p+1/t17-/m1/s1. The highest BCUT2D eigenvalue weighted by atomic mass is 16.2. The molecule has 5 nitrogen and oxygen atoms in total. The van der Waals surface area contributed by atoms with Crippen molar-refractivity contribution in [3.8, 4) is 0 Å². The molecule has 0 aromatic heterocycles. The Morgan fingerprint density at radius 3 is 2.67 bits per heavy atom. The van der Waals surface area contributed by atoms with E-state index in [2.05, 4.69) is 16.7 Å². The molecule has 24 heavy (non-hydrogen) atoms. The molecule has 1 aromatic carbocycles. The third-order valence-corrected chi connectivity index (χ3v) is 4.27. The maximum atomic E-state index is 12.5. The molecule has 0 bridgehead atoms. The van der Waals surface area contributed by atoms with E-state index in [0.717, 1.165) is 18.5 Å². The Kier molecular flexibility index (Phi) is 7.49. The summed E-state index contributed by atoms with van der Waals surface area (Å²) in [6.07, 6.45) is 8.24. The molecule has 3 amide bonds. The van der Waals surface area contributed by atoms with Gasteiger partial charge in [0.15, 0.2) is 6.04 Å². The summed E-state index contributed by atoms with van der Waals surface area (Å²) in [6.45, 7) is 3.16. The molecule has 1 aromatic rings. The largest absolute Gasteiger partial charge is 0.338 e. The van der Waals surface area contributed by atoms with Crippen molar-refractivity contribution in [2.45, 2.75) is 45.1 Å². The van der Waals surface area contributed by atoms with Gasteiger partial charge in [-0.2, -0.15) is 0 Å². The first-order valence-corrected chi connectivity index (χ1v) is 8.85. The van der Waals surface area contributed by atoms with E-state index in [1.807, 2.05) is 42.6 Å². The predicted molar refractivity (Wildman–Crippen MR) is 94.4 cm³/mol. The number of nitrogens with two attached hydrogens (primary N) is 1. The Morgan fingerprint density at radius 2 is 2.00 bits per heavy atom. The molecule has 4 N–H and O–H groups in total. The van der Waals surface area contributed by atoms with Gasteiger partial charge >= 0.3 is 6.03 Å². The lowest BCUT2D eigenvalue weighted by Gasteiger charge is -2.17. The van der Waals surface area contributed by atoms with Gasteiger partial charge < -0.3 is 10.6 Å². The van der Waals surface area contributed by atoms with E-state index >= 15 is 0 Å². The van der Waals surface area contributed by atoms with Gasteiger partial charge in [0.2, 0.25) is 0 Å². The minimum absolute atomic E-state index is 0.273. The predicted octanol–water partition coefficient (Wildman–Crippen LogP) is 2.03. The number of urea groups is 1. The van der Waals surface area contributed by atoms with E-state index in [0.29, 0.717) is 6.54 Å². The van der Waals surface area contributed by atoms with Crippen LogP contribution in [0.1, 0.15) is 50.6 Å². The Bertz CT molecular complexity index is 569. The van der Waals surface area contributed by atoms with Gasteiger partial charge in [-0.05, 0) is 32.6 Å². The quantitative estimate of drug-likeness (QED) is 0.669. The molecule has 1 atom stereocenters. The van der Waals surface area contributed by atoms with Crippen LogP contribution >= 0.6 is 0 Å². The van der Waals surface area contributed by atoms with Gasteiger partial charge in [-0.25, -0.2) is 4.79 Å². The normalized spacial score (nSPS) is 15.3. The molecule has 0 heterocycles. The molecule has 0 spiro atoms. The van der Waals surface area contributed by atoms with Gasteiger partial charge in [-0.1, -0.05) is 42.0 Å². The van der Waals surface area contributed by atoms with Crippen molar-refractivity contribution in [2.24, 2.45) is 0 Å². The zero-order valence-corrected chi connectivity index (χ0v) is 14.4. The lowest BCUT2D eigenvalue weighted by Crippen LogP contribution is -2.88. The summed E-state index contributed by atoms with van der Waals surface area (Å²) in [5.74, 6) is -0.273. The molecular formula is C19H28N3O2+. The Balaban J connectivity index is 1.96. The van der Waals surface area contributed by atoms with E-state index in [-0.39, 0.29) is 5.91 Å². The number of rotatable bonds is 7. The van der Waals surface area contributed by atoms with Crippen LogP contribution in [0.25, 0.3) is 0 Å². The van der Waals surface area contributed by atoms with Crippen molar-refractivity contribution in [1.29, 1.82) is 0 Å². The summed E-state index contributed by atoms with van der Waals surface area (Å²) < 4.78 is 0. The third kappa shape index (κ3) is 5.81. The molecule has 0 saturated carbocycles. The van der Waals surface area contributed by atoms with Crippen LogP contribution in [0, 0.1) is 0 Å². The first-order chi connectivity index (χ1) is 11.7. The van der Waals surface area contributed by atoms with Gasteiger partial charge in [-0.15, -0.1) is 0 Å². The minimum atomic E-state index is -0.438. The van der Waals surface area contributed by atoms with Crippen LogP contribution in [0.3, 0.4) is 0 Å². The fourth-order valence-corrected chi connectivity index (χ4v) is 3.02. The van der Waals surface area contributed by atoms with Crippen LogP contribution in [-0.4, -0.2) is 25.0 Å². The van der Waals surface area contributed by atoms with E-state index < -0.39 is 12.1 Å². The molecule has 0 unspecified atom stereocenters. The molecular weight excluding hydrogens is 302 g/mol. The zero-order chi connectivity index (χ0) is 17.2. The highest BCUT2D eigenvalue weighted by Crippen LogP contribution is 2.19. The summed E-state index contributed by atoms with van der Waals surface area (Å²) in [7, 11) is 0. The van der Waals surface area contributed by atoms with Gasteiger partial charge in [0.1, 0.15) is 0 Å². The van der Waals surface area contributed by atoms with Crippen molar-refractivity contribution >= 4 is 11.9 Å². The zero-order valence-electron chi connectivity index (χ0n) is 14.4. The molecule has 0 saturated heterocycles. The average molecular weight is 330 g/mol. The SMILES string of the molecule is CCNC(=O)NC(=O)[C@H]([NH2+]CCC1=CCCCC1)c1ccccc1. The van der Waals surface area contributed by atoms with Crippen LogP contribution in [0.4, 0.5) is 4.79 Å². The molecule has 5 heteroatoms. The number of nitrogens with one attached hydrogen (secondary N) is 2. The van der Waals surface area contributed by atoms with Gasteiger partial charge in [0.05, 0.1) is 6.54 Å². The van der Waals surface area contributed by atoms with Crippen LogP contribution in [-0.2, 0) is 4.79 Å². The van der Waals surface area contributed by atoms with Gasteiger partial charge in [0, 0.05) is 18.5 Å². The Labute approximate surface area is 143 Å². The molecule has 1 aliphatic rings. The highest BCUT2D eigenvalue weighted by Gasteiger charge is 2.25. The number of hydrogen-bond acceptors (Lipinski definition) is 2. The lowest BCUT2D eigenvalue weighted by molar-refractivity contribution is -0.682. The molecule has 0 aliphatic heterocycles. The first-order valence-electron chi connectivity index (χ1n) is 8.85. The first kappa shape index (κ1) is 18.2. The van der Waals surface area contributed by atoms with Crippen LogP contribution < -0.4 is 16.0 Å². The highest BCUT2D eigenvalue weighted by molar-refractivity contribution is 5.96. The summed E-state index contributed by atoms with van der Waals surface area (Å²) >= 11 is 0. The number of carbonyl (C=O) groups excluding carboxylic acids is 2. The van der Waals surface area contributed by atoms with Crippen molar-refractivity contribution < 1.29 is 14.9 Å². The topological polar surface area (TPSA) is 74.8 Å². The fourth-order valence-electron chi connectivity index (χ4n) is 3.02. The Morgan fingerprint density at radius 1 is 1.21 bits per heavy atom. The maximum Gasteiger partial charge on any atom is 0.321 e. The molecule has 1 aliphatic carbocycles. The Hall–Kier alpha value is -2.14. The molecule has 0 fully saturated rings. The van der Waals surface area contributed by atoms with Crippen LogP contribution in [0.2, 0.25) is 0 Å². The summed E-state index contributed by atoms with van der Waals surface area (Å²) in [5.41, 5.74) is 2.41. The third-order valence-electron chi connectivity index (χ3n) is 4.27. The van der Waals surface area contributed by atoms with E-state index in [1.54, 1.807) is 0 Å². The molecule has 130 valence electrons. The van der Waals surface area contributed by atoms with Crippen molar-refractivity contribution in [1.82, 2.24) is 10.6 Å². The number of imide groups is 1. The minimum Gasteiger partial charge on any atom is -0.338 e. The van der Waals surface area contributed by atoms with Gasteiger partial charge in [0.25, 0.3) is 5.91 Å². The summed E-state index contributed by atoms with van der Waals surface area (Å²) in [5, 5.41) is 7.06. The maximum absolute atomic E-state index is 12.5. The lowest BCUT2D eigenvalue weighted by atomic mass is 9.97. The molecule has 2 rings (SSSR count). The molecule has 0 radical (unpaired) electrons. The second-order valence-electron chi connectivity index (χ2n) is 6.12. The van der Waals surface area contributed by atoms with Crippen molar-refractivity contribution in [3.63, 3.8) is 0 Å². The number of carbonyl (C=O) groups is 2. The number of amides is 3. The fraction of sp³-hybridized carbons (Fsp3) is 0.474. The number of allylic oxidation sites excluding steroid dienone is 1. The van der Waals surface area contributed by atoms with E-state index in [1.165, 1.54) is 31.3 Å². The number of quaternary nitrogens is 1. The van der Waals surface area contributed by atoms with Crippen molar-refractivity contribution in [3.05, 3.63) is 47.5 Å². The van der Waals surface area contributed by atoms with Crippen molar-refractivity contribution in [2.75, 3.05) is 13.1 Å². The van der Waals surface area contributed by atoms with Crippen LogP contribution in [0.5, 0.6) is 0 Å². The average Bonchev–Trinajstić information content (AvgIpc) is 2.60. The number of hydrogen-bond donors (Lipinski definition) is 3. The van der Waals surface area contributed by atoms with Crippen LogP contribution in [0.15, 0.2) is 42.0 Å². The van der Waals surface area contributed by atoms with E-state index in [9.17, 15) is 9.59 Å². The monoisotopic (exact) mass is 330 g/mol. The van der Waals surface area contributed by atoms with Gasteiger partial charge in [-0.3, -0.25) is 10.1 Å². The van der Waals surface area contributed by atoms with E-state index in [4.69, 9.17) is 0 Å². The summed E-state index contributed by atoms with van der Waals surface area (Å²) in [6, 6.07) is 8.77. The number of benzene rings is 1. The second-order valence-corrected chi connectivity index (χ2v) is 6.12. The smallest absolute Gasteiger partial charge is 0.321 e. The summed E-state index contributed by atoms with van der Waals surface area (Å²) in [4.78, 5) is 24.1. The second kappa shape index (κ2) is 9.88.